The highest BCUT2D eigenvalue weighted by Crippen LogP contribution is 2.24. The van der Waals surface area contributed by atoms with Gasteiger partial charge in [-0.2, -0.15) is 9.19 Å². The third kappa shape index (κ3) is 9.90. The average Bonchev–Trinajstić information content (AvgIpc) is 3.59. The fraction of sp³-hybridized carbons (Fsp3) is 0.611. The number of amides is 4. The number of hydrogen-bond acceptors (Lipinski definition) is 8. The van der Waals surface area contributed by atoms with Crippen LogP contribution in [0.3, 0.4) is 0 Å². The van der Waals surface area contributed by atoms with Crippen LogP contribution in [0.2, 0.25) is 0 Å². The smallest absolute Gasteiger partial charge is 0.318 e. The maximum absolute atomic E-state index is 14.2. The number of allylic oxidation sites excluding steroid dienone is 3. The van der Waals surface area contributed by atoms with E-state index in [4.69, 9.17) is 0 Å². The van der Waals surface area contributed by atoms with Crippen LogP contribution in [-0.2, 0) is 26.0 Å². The summed E-state index contributed by atoms with van der Waals surface area (Å²) >= 11 is 0. The maximum atomic E-state index is 14.2. The monoisotopic (exact) mass is 742 g/mol. The second-order valence-corrected chi connectivity index (χ2v) is 16.4. The lowest BCUT2D eigenvalue weighted by Crippen LogP contribution is -2.57. The zero-order valence-corrected chi connectivity index (χ0v) is 32.1. The number of rotatable bonds is 14. The Labute approximate surface area is 305 Å². The second-order valence-electron chi connectivity index (χ2n) is 13.9. The zero-order valence-electron chi connectivity index (χ0n) is 30.1. The Balaban J connectivity index is 1.28. The predicted octanol–water partition coefficient (Wildman–Crippen LogP) is 2.79. The molecule has 0 bridgehead atoms. The van der Waals surface area contributed by atoms with E-state index in [9.17, 15) is 22.8 Å². The van der Waals surface area contributed by atoms with E-state index in [0.717, 1.165) is 54.1 Å². The molecule has 1 aromatic carbocycles. The van der Waals surface area contributed by atoms with Gasteiger partial charge in [0.25, 0.3) is 10.0 Å². The molecular formula is C36H55N8O5PS. The minimum absolute atomic E-state index is 0.0355. The fourth-order valence-corrected chi connectivity index (χ4v) is 9.64. The molecule has 3 fully saturated rings. The van der Waals surface area contributed by atoms with Crippen molar-refractivity contribution in [2.75, 3.05) is 64.8 Å². The number of fused-ring (bicyclic) bond motifs is 1. The van der Waals surface area contributed by atoms with E-state index < -0.39 is 16.1 Å². The number of likely N-dealkylation sites (tertiary alicyclic amines) is 3. The van der Waals surface area contributed by atoms with Crippen molar-refractivity contribution in [2.45, 2.75) is 76.4 Å². The minimum Gasteiger partial charge on any atom is -0.373 e. The van der Waals surface area contributed by atoms with E-state index in [0.29, 0.717) is 62.2 Å². The van der Waals surface area contributed by atoms with Crippen molar-refractivity contribution in [1.29, 1.82) is 0 Å². The SMILES string of the molecule is C/C=C\C=C(/CNC=O)N(C)C1CCN(C(=O)NC(Cc2ccc3c(cnn3S(=O)(=O)CCP)c2)C(=O)N2CCC(N3CCCCC3)CC2)CC1. The number of likely N-dealkylation sites (N-methyl/N-ethyl adjacent to an activating group) is 1. The summed E-state index contributed by atoms with van der Waals surface area (Å²) in [6.07, 6.45) is 15.9. The normalized spacial score (nSPS) is 19.4. The van der Waals surface area contributed by atoms with Gasteiger partial charge >= 0.3 is 6.03 Å². The maximum Gasteiger partial charge on any atom is 0.318 e. The fourth-order valence-electron chi connectivity index (χ4n) is 7.62. The summed E-state index contributed by atoms with van der Waals surface area (Å²) in [4.78, 5) is 47.4. The molecule has 280 valence electrons. The van der Waals surface area contributed by atoms with E-state index in [1.807, 2.05) is 49.2 Å². The predicted molar refractivity (Wildman–Crippen MR) is 204 cm³/mol. The quantitative estimate of drug-likeness (QED) is 0.171. The van der Waals surface area contributed by atoms with Crippen LogP contribution in [0.15, 0.2) is 48.3 Å². The molecule has 13 nitrogen and oxygen atoms in total. The molecule has 0 radical (unpaired) electrons. The van der Waals surface area contributed by atoms with Gasteiger partial charge in [-0.15, -0.1) is 9.24 Å². The van der Waals surface area contributed by atoms with Gasteiger partial charge < -0.3 is 30.2 Å². The Morgan fingerprint density at radius 2 is 1.75 bits per heavy atom. The number of nitrogens with zero attached hydrogens (tertiary/aromatic N) is 6. The second kappa shape index (κ2) is 18.3. The molecule has 0 saturated carbocycles. The van der Waals surface area contributed by atoms with Gasteiger partial charge in [-0.05, 0) is 88.5 Å². The van der Waals surface area contributed by atoms with Crippen LogP contribution in [0, 0.1) is 0 Å². The van der Waals surface area contributed by atoms with Gasteiger partial charge in [0.05, 0.1) is 24.0 Å². The molecule has 2 unspecified atom stereocenters. The number of urea groups is 1. The van der Waals surface area contributed by atoms with Crippen molar-refractivity contribution in [2.24, 2.45) is 0 Å². The van der Waals surface area contributed by atoms with Crippen LogP contribution in [0.5, 0.6) is 0 Å². The number of carbonyl (C=O) groups is 3. The first-order valence-corrected chi connectivity index (χ1v) is 20.8. The zero-order chi connectivity index (χ0) is 36.4. The number of benzene rings is 1. The van der Waals surface area contributed by atoms with Crippen molar-refractivity contribution in [3.8, 4) is 0 Å². The molecule has 2 atom stereocenters. The molecule has 4 amide bonds. The van der Waals surface area contributed by atoms with Crippen molar-refractivity contribution in [3.05, 3.63) is 53.9 Å². The van der Waals surface area contributed by atoms with Gasteiger partial charge in [-0.1, -0.05) is 24.6 Å². The largest absolute Gasteiger partial charge is 0.373 e. The molecule has 3 aliphatic rings. The third-order valence-electron chi connectivity index (χ3n) is 10.6. The Hall–Kier alpha value is -3.48. The average molecular weight is 743 g/mol. The summed E-state index contributed by atoms with van der Waals surface area (Å²) in [5.74, 6) is -0.123. The van der Waals surface area contributed by atoms with E-state index in [2.05, 4.69) is 34.8 Å². The highest BCUT2D eigenvalue weighted by atomic mass is 32.2. The summed E-state index contributed by atoms with van der Waals surface area (Å²) < 4.78 is 26.6. The first kappa shape index (κ1) is 38.7. The van der Waals surface area contributed by atoms with Gasteiger partial charge in [0, 0.05) is 62.8 Å². The number of hydrogen-bond donors (Lipinski definition) is 2. The molecule has 3 aliphatic heterocycles. The van der Waals surface area contributed by atoms with Crippen LogP contribution < -0.4 is 10.6 Å². The summed E-state index contributed by atoms with van der Waals surface area (Å²) in [5, 5.41) is 10.7. The Kier molecular flexibility index (Phi) is 13.9. The Bertz CT molecular complexity index is 1660. The number of aromatic nitrogens is 2. The lowest BCUT2D eigenvalue weighted by Gasteiger charge is -2.41. The molecular weight excluding hydrogens is 687 g/mol. The van der Waals surface area contributed by atoms with Gasteiger partial charge in [-0.25, -0.2) is 13.2 Å². The van der Waals surface area contributed by atoms with Crippen molar-refractivity contribution in [1.82, 2.24) is 39.4 Å². The number of nitrogens with one attached hydrogen (secondary N) is 2. The highest BCUT2D eigenvalue weighted by Gasteiger charge is 2.34. The van der Waals surface area contributed by atoms with Crippen molar-refractivity contribution >= 4 is 48.5 Å². The van der Waals surface area contributed by atoms with Gasteiger partial charge in [0.15, 0.2) is 0 Å². The Morgan fingerprint density at radius 3 is 2.41 bits per heavy atom. The molecule has 5 rings (SSSR count). The van der Waals surface area contributed by atoms with Gasteiger partial charge in [-0.3, -0.25) is 9.59 Å². The third-order valence-corrected chi connectivity index (χ3v) is 12.8. The van der Waals surface area contributed by atoms with Crippen molar-refractivity contribution < 1.29 is 22.8 Å². The van der Waals surface area contributed by atoms with E-state index >= 15 is 0 Å². The summed E-state index contributed by atoms with van der Waals surface area (Å²) in [7, 11) is 0.864. The standard InChI is InChI=1S/C36H55N8O5PS/c1-3-4-8-32(26-37-27-45)40(2)30-11-19-43(20-12-30)36(47)39-33(35(46)42-17-13-31(14-18-42)41-15-6-5-7-16-41)24-28-9-10-34-29(23-28)25-38-44(34)51(48,49)22-21-50/h3-4,8-10,23,25,27,30-31,33H,5-7,11-22,24,26,50H2,1-2H3,(H,37,45)(H,39,47)/b4-3-,32-8+. The van der Waals surface area contributed by atoms with Gasteiger partial charge in [0.1, 0.15) is 6.04 Å². The molecule has 51 heavy (non-hydrogen) atoms. The van der Waals surface area contributed by atoms with E-state index in [1.54, 1.807) is 11.0 Å². The molecule has 4 heterocycles. The van der Waals surface area contributed by atoms with Crippen molar-refractivity contribution in [3.63, 3.8) is 0 Å². The summed E-state index contributed by atoms with van der Waals surface area (Å²) in [5.41, 5.74) is 2.29. The first-order chi connectivity index (χ1) is 24.6. The lowest BCUT2D eigenvalue weighted by atomic mass is 9.98. The van der Waals surface area contributed by atoms with Crippen LogP contribution in [0.4, 0.5) is 4.79 Å². The van der Waals surface area contributed by atoms with E-state index in [-0.39, 0.29) is 30.2 Å². The summed E-state index contributed by atoms with van der Waals surface area (Å²) in [6, 6.07) is 5.08. The molecule has 3 saturated heterocycles. The first-order valence-electron chi connectivity index (χ1n) is 18.3. The molecule has 0 aliphatic carbocycles. The van der Waals surface area contributed by atoms with Crippen LogP contribution in [-0.4, -0.2) is 138 Å². The number of piperidine rings is 3. The Morgan fingerprint density at radius 1 is 1.04 bits per heavy atom. The molecule has 0 spiro atoms. The van der Waals surface area contributed by atoms with Gasteiger partial charge in [0.2, 0.25) is 12.3 Å². The molecule has 2 N–H and O–H groups in total. The molecule has 15 heteroatoms. The van der Waals surface area contributed by atoms with Crippen LogP contribution in [0.25, 0.3) is 10.9 Å². The molecule has 1 aromatic heterocycles. The number of carbonyl (C=O) groups excluding carboxylic acids is 3. The van der Waals surface area contributed by atoms with E-state index in [1.165, 1.54) is 25.5 Å². The highest BCUT2D eigenvalue weighted by molar-refractivity contribution is 7.90. The van der Waals surface area contributed by atoms with Crippen LogP contribution in [0.1, 0.15) is 57.4 Å². The topological polar surface area (TPSA) is 140 Å². The minimum atomic E-state index is -3.59. The van der Waals surface area contributed by atoms with Crippen LogP contribution >= 0.6 is 9.24 Å². The molecule has 2 aromatic rings. The lowest BCUT2D eigenvalue weighted by molar-refractivity contribution is -0.135. The summed E-state index contributed by atoms with van der Waals surface area (Å²) in [6.45, 7) is 7.02.